The summed E-state index contributed by atoms with van der Waals surface area (Å²) >= 11 is 0. The molecular weight excluding hydrogens is 312 g/mol. The Morgan fingerprint density at radius 2 is 0.920 bits per heavy atom. The first-order chi connectivity index (χ1) is 12.3. The Hall–Kier alpha value is -0.640. The third kappa shape index (κ3) is 8.52. The lowest BCUT2D eigenvalue weighted by Gasteiger charge is -2.26. The van der Waals surface area contributed by atoms with E-state index in [1.807, 2.05) is 0 Å². The molecule has 25 heavy (non-hydrogen) atoms. The number of aliphatic hydroxyl groups excluding tert-OH is 2. The fourth-order valence-corrected chi connectivity index (χ4v) is 4.22. The summed E-state index contributed by atoms with van der Waals surface area (Å²) in [6.45, 7) is 2.15. The number of aliphatic hydroxyl groups is 2. The van der Waals surface area contributed by atoms with Crippen LogP contribution in [0.25, 0.3) is 0 Å². The van der Waals surface area contributed by atoms with Gasteiger partial charge in [0, 0.05) is 13.2 Å². The predicted molar refractivity (Wildman–Crippen MR) is 103 cm³/mol. The topological polar surface area (TPSA) is 49.7 Å². The third-order valence-electron chi connectivity index (χ3n) is 6.15. The average molecular weight is 351 g/mol. The van der Waals surface area contributed by atoms with E-state index in [1.54, 1.807) is 0 Å². The van der Waals surface area contributed by atoms with Crippen molar-refractivity contribution in [2.75, 3.05) is 26.4 Å². The molecule has 3 nitrogen and oxygen atoms in total. The molecule has 0 radical (unpaired) electrons. The maximum Gasteiger partial charge on any atom is 0.0651 e. The predicted octanol–water partition coefficient (Wildman–Crippen LogP) is 4.49. The van der Waals surface area contributed by atoms with Gasteiger partial charge >= 0.3 is 0 Å². The molecule has 3 heteroatoms. The van der Waals surface area contributed by atoms with Gasteiger partial charge in [-0.15, -0.1) is 0 Å². The van der Waals surface area contributed by atoms with Crippen molar-refractivity contribution in [1.29, 1.82) is 0 Å². The molecule has 144 valence electrons. The van der Waals surface area contributed by atoms with E-state index in [1.165, 1.54) is 51.4 Å². The second-order valence-electron chi connectivity index (χ2n) is 8.09. The first-order valence-corrected chi connectivity index (χ1v) is 10.4. The lowest BCUT2D eigenvalue weighted by molar-refractivity contribution is 0.167. The van der Waals surface area contributed by atoms with Crippen LogP contribution in [0.15, 0.2) is 24.3 Å². The Kier molecular flexibility index (Phi) is 10.5. The quantitative estimate of drug-likeness (QED) is 0.451. The summed E-state index contributed by atoms with van der Waals surface area (Å²) in [7, 11) is 0. The van der Waals surface area contributed by atoms with Crippen molar-refractivity contribution in [3.05, 3.63) is 24.3 Å². The summed E-state index contributed by atoms with van der Waals surface area (Å²) < 4.78 is 5.64. The van der Waals surface area contributed by atoms with Crippen LogP contribution < -0.4 is 0 Å². The molecule has 0 heterocycles. The zero-order valence-corrected chi connectivity index (χ0v) is 15.8. The molecule has 0 saturated heterocycles. The van der Waals surface area contributed by atoms with Crippen molar-refractivity contribution >= 4 is 0 Å². The van der Waals surface area contributed by atoms with Gasteiger partial charge in [-0.25, -0.2) is 0 Å². The van der Waals surface area contributed by atoms with Crippen molar-refractivity contribution in [3.8, 4) is 0 Å². The molecule has 2 N–H and O–H groups in total. The average Bonchev–Trinajstić information content (AvgIpc) is 2.67. The largest absolute Gasteiger partial charge is 0.396 e. The summed E-state index contributed by atoms with van der Waals surface area (Å²) in [5.41, 5.74) is 0. The van der Waals surface area contributed by atoms with E-state index in [0.717, 1.165) is 24.7 Å². The fourth-order valence-electron chi connectivity index (χ4n) is 4.22. The van der Waals surface area contributed by atoms with Crippen LogP contribution in [0.4, 0.5) is 0 Å². The highest BCUT2D eigenvalue weighted by molar-refractivity contribution is 4.88. The van der Waals surface area contributed by atoms with Crippen molar-refractivity contribution < 1.29 is 14.9 Å². The molecule has 2 aliphatic carbocycles. The molecule has 2 aliphatic rings. The van der Waals surface area contributed by atoms with Crippen LogP contribution in [0.2, 0.25) is 0 Å². The van der Waals surface area contributed by atoms with Crippen LogP contribution in [0, 0.1) is 23.7 Å². The Morgan fingerprint density at radius 1 is 0.560 bits per heavy atom. The molecular formula is C22H38O3. The van der Waals surface area contributed by atoms with Gasteiger partial charge in [-0.1, -0.05) is 24.3 Å². The van der Waals surface area contributed by atoms with Gasteiger partial charge in [-0.05, 0) is 87.9 Å². The molecule has 2 rings (SSSR count). The molecule has 0 atom stereocenters. The third-order valence-corrected chi connectivity index (χ3v) is 6.15. The van der Waals surface area contributed by atoms with Gasteiger partial charge in [0.2, 0.25) is 0 Å². The molecule has 2 fully saturated rings. The Labute approximate surface area is 154 Å². The molecule has 0 aliphatic heterocycles. The summed E-state index contributed by atoms with van der Waals surface area (Å²) in [6.07, 6.45) is 21.0. The van der Waals surface area contributed by atoms with Crippen molar-refractivity contribution in [2.45, 2.75) is 64.2 Å². The zero-order chi connectivity index (χ0) is 17.7. The van der Waals surface area contributed by atoms with Crippen molar-refractivity contribution in [2.24, 2.45) is 23.7 Å². The van der Waals surface area contributed by atoms with Crippen LogP contribution in [0.1, 0.15) is 64.2 Å². The van der Waals surface area contributed by atoms with E-state index >= 15 is 0 Å². The molecule has 0 aromatic carbocycles. The maximum absolute atomic E-state index is 9.16. The van der Waals surface area contributed by atoms with E-state index in [2.05, 4.69) is 24.3 Å². The smallest absolute Gasteiger partial charge is 0.0651 e. The lowest BCUT2D eigenvalue weighted by Crippen LogP contribution is -2.16. The van der Waals surface area contributed by atoms with Crippen LogP contribution >= 0.6 is 0 Å². The molecule has 0 spiro atoms. The van der Waals surface area contributed by atoms with Crippen molar-refractivity contribution in [3.63, 3.8) is 0 Å². The van der Waals surface area contributed by atoms with Gasteiger partial charge in [-0.2, -0.15) is 0 Å². The van der Waals surface area contributed by atoms with E-state index in [-0.39, 0.29) is 0 Å². The minimum atomic E-state index is 0.369. The minimum absolute atomic E-state index is 0.369. The second kappa shape index (κ2) is 12.7. The number of allylic oxidation sites excluding steroid dienone is 2. The van der Waals surface area contributed by atoms with E-state index < -0.39 is 0 Å². The SMILES string of the molecule is OCC1CCC(CC=CCOCC=CCC2CCC(CO)CC2)CC1. The van der Waals surface area contributed by atoms with E-state index in [4.69, 9.17) is 14.9 Å². The van der Waals surface area contributed by atoms with Gasteiger partial charge in [0.25, 0.3) is 0 Å². The van der Waals surface area contributed by atoms with E-state index in [9.17, 15) is 0 Å². The standard InChI is InChI=1S/C22H38O3/c23-17-21-11-7-19(8-12-21)5-1-3-15-25-16-4-2-6-20-9-13-22(18-24)14-10-20/h1-4,19-24H,5-18H2. The molecule has 0 unspecified atom stereocenters. The minimum Gasteiger partial charge on any atom is -0.396 e. The number of ether oxygens (including phenoxy) is 1. The first-order valence-electron chi connectivity index (χ1n) is 10.4. The molecule has 2 saturated carbocycles. The summed E-state index contributed by atoms with van der Waals surface area (Å²) in [5.74, 6) is 2.72. The molecule has 0 aromatic heterocycles. The van der Waals surface area contributed by atoms with Crippen LogP contribution in [-0.2, 0) is 4.74 Å². The second-order valence-corrected chi connectivity index (χ2v) is 8.09. The summed E-state index contributed by atoms with van der Waals surface area (Å²) in [4.78, 5) is 0. The van der Waals surface area contributed by atoms with Gasteiger partial charge in [0.1, 0.15) is 0 Å². The van der Waals surface area contributed by atoms with Gasteiger partial charge in [-0.3, -0.25) is 0 Å². The summed E-state index contributed by atoms with van der Waals surface area (Å²) in [5, 5.41) is 18.3. The van der Waals surface area contributed by atoms with Gasteiger partial charge in [0.05, 0.1) is 13.2 Å². The van der Waals surface area contributed by atoms with Gasteiger partial charge < -0.3 is 14.9 Å². The number of hydrogen-bond acceptors (Lipinski definition) is 3. The fraction of sp³-hybridized carbons (Fsp3) is 0.818. The highest BCUT2D eigenvalue weighted by Gasteiger charge is 2.20. The number of hydrogen-bond donors (Lipinski definition) is 2. The van der Waals surface area contributed by atoms with Crippen LogP contribution in [-0.4, -0.2) is 36.6 Å². The van der Waals surface area contributed by atoms with Gasteiger partial charge in [0.15, 0.2) is 0 Å². The summed E-state index contributed by atoms with van der Waals surface area (Å²) in [6, 6.07) is 0. The lowest BCUT2D eigenvalue weighted by atomic mass is 9.81. The Morgan fingerprint density at radius 3 is 1.28 bits per heavy atom. The monoisotopic (exact) mass is 350 g/mol. The van der Waals surface area contributed by atoms with E-state index in [0.29, 0.717) is 38.3 Å². The maximum atomic E-state index is 9.16. The van der Waals surface area contributed by atoms with Crippen LogP contribution in [0.3, 0.4) is 0 Å². The van der Waals surface area contributed by atoms with Crippen molar-refractivity contribution in [1.82, 2.24) is 0 Å². The van der Waals surface area contributed by atoms with Crippen LogP contribution in [0.5, 0.6) is 0 Å². The highest BCUT2D eigenvalue weighted by Crippen LogP contribution is 2.31. The highest BCUT2D eigenvalue weighted by atomic mass is 16.5. The first kappa shape index (κ1) is 20.7. The zero-order valence-electron chi connectivity index (χ0n) is 15.8. The Balaban J connectivity index is 1.43. The Bertz CT molecular complexity index is 339. The molecule has 0 amide bonds. The molecule has 0 bridgehead atoms. The normalized spacial score (nSPS) is 31.1. The molecule has 0 aromatic rings. The number of rotatable bonds is 10.